The Bertz CT molecular complexity index is 2950. The first-order valence-electron chi connectivity index (χ1n) is 27.5. The average molecular weight is 1150 g/mol. The van der Waals surface area contributed by atoms with Crippen molar-refractivity contribution in [3.8, 4) is 0 Å². The van der Waals surface area contributed by atoms with E-state index >= 15 is 0 Å². The van der Waals surface area contributed by atoms with Gasteiger partial charge in [-0.15, -0.1) is 0 Å². The van der Waals surface area contributed by atoms with Crippen LogP contribution < -0.4 is 62.2 Å². The summed E-state index contributed by atoms with van der Waals surface area (Å²) >= 11 is -5.95. The molecule has 0 heterocycles. The molecule has 0 aromatic heterocycles. The molecule has 0 unspecified atom stereocenters. The molecule has 0 radical (unpaired) electrons. The molecule has 0 N–H and O–H groups in total. The van der Waals surface area contributed by atoms with E-state index in [4.69, 9.17) is 0 Å². The number of hydrogen-bond donors (Lipinski definition) is 0. The van der Waals surface area contributed by atoms with E-state index in [1.165, 1.54) is 0 Å². The van der Waals surface area contributed by atoms with Crippen molar-refractivity contribution in [2.45, 2.75) is 0 Å². The van der Waals surface area contributed by atoms with Crippen LogP contribution in [0.3, 0.4) is 0 Å². The van der Waals surface area contributed by atoms with E-state index in [-0.39, 0.29) is 0 Å². The zero-order valence-corrected chi connectivity index (χ0v) is 50.1. The summed E-state index contributed by atoms with van der Waals surface area (Å²) in [5.74, 6) is 0. The Kier molecular flexibility index (Phi) is 16.1. The molecular weight excluding hydrogens is 1090 g/mol. The van der Waals surface area contributed by atoms with Gasteiger partial charge in [-0.25, -0.2) is 0 Å². The Balaban J connectivity index is 1.34. The molecule has 0 atom stereocenters. The Morgan fingerprint density at radius 3 is 0.309 bits per heavy atom. The first-order valence-corrected chi connectivity index (χ1v) is 37.4. The molecule has 393 valence electrons. The molecule has 0 amide bonds. The minimum atomic E-state index is -5.95. The second kappa shape index (κ2) is 24.3. The standard InChI is InChI=1S/4C18H15OSi.V/c4*19-20(16-10-4-1-5-11-16,17-12-6-2-7-13-17)18-14-8-3-9-15-18;/h4*1-15H;/q4*-1;+4. The van der Waals surface area contributed by atoms with Crippen molar-refractivity contribution < 1.29 is 28.8 Å². The van der Waals surface area contributed by atoms with Crippen LogP contribution in [0, 0.1) is 0 Å². The molecular formula is C72H60O4Si4V. The SMILES string of the molecule is c1ccc([Si]([O][V]([O][Si](c2ccccc2)(c2ccccc2)c2ccccc2)([O][Si](c2ccccc2)(c2ccccc2)c2ccccc2)[O][Si](c2ccccc2)(c2ccccc2)c2ccccc2)(c2ccccc2)c2ccccc2)cc1. The van der Waals surface area contributed by atoms with Crippen LogP contribution in [0.15, 0.2) is 364 Å². The quantitative estimate of drug-likeness (QED) is 0.0567. The third-order valence-electron chi connectivity index (χ3n) is 15.2. The van der Waals surface area contributed by atoms with E-state index in [1.54, 1.807) is 0 Å². The summed E-state index contributed by atoms with van der Waals surface area (Å²) in [6.07, 6.45) is 0. The fraction of sp³-hybridized carbons (Fsp3) is 0. The maximum atomic E-state index is 9.29. The van der Waals surface area contributed by atoms with Gasteiger partial charge in [-0.3, -0.25) is 0 Å². The summed E-state index contributed by atoms with van der Waals surface area (Å²) in [6.45, 7) is 0. The van der Waals surface area contributed by atoms with E-state index in [1.807, 2.05) is 0 Å². The van der Waals surface area contributed by atoms with Crippen LogP contribution in [0.4, 0.5) is 0 Å². The van der Waals surface area contributed by atoms with Gasteiger partial charge in [0.15, 0.2) is 0 Å². The summed E-state index contributed by atoms with van der Waals surface area (Å²) in [7, 11) is -16.0. The third kappa shape index (κ3) is 10.4. The van der Waals surface area contributed by atoms with Crippen LogP contribution in [0.2, 0.25) is 0 Å². The molecule has 12 rings (SSSR count). The average Bonchev–Trinajstić information content (AvgIpc) is 3.74. The maximum absolute atomic E-state index is 9.29. The van der Waals surface area contributed by atoms with Gasteiger partial charge in [0.1, 0.15) is 0 Å². The van der Waals surface area contributed by atoms with E-state index < -0.39 is 48.7 Å². The van der Waals surface area contributed by atoms with Gasteiger partial charge in [-0.05, 0) is 0 Å². The summed E-state index contributed by atoms with van der Waals surface area (Å²) in [5.41, 5.74) is 0. The molecule has 0 aliphatic heterocycles. The fourth-order valence-corrected chi connectivity index (χ4v) is 42.3. The van der Waals surface area contributed by atoms with Gasteiger partial charge in [0.05, 0.1) is 0 Å². The van der Waals surface area contributed by atoms with Crippen molar-refractivity contribution in [1.29, 1.82) is 0 Å². The molecule has 12 aromatic carbocycles. The van der Waals surface area contributed by atoms with Gasteiger partial charge in [0.25, 0.3) is 0 Å². The van der Waals surface area contributed by atoms with Crippen molar-refractivity contribution in [2.24, 2.45) is 0 Å². The molecule has 0 bridgehead atoms. The summed E-state index contributed by atoms with van der Waals surface area (Å²) in [6, 6.07) is 130. The van der Waals surface area contributed by atoms with Gasteiger partial charge >= 0.3 is 488 Å². The van der Waals surface area contributed by atoms with E-state index in [2.05, 4.69) is 364 Å². The summed E-state index contributed by atoms with van der Waals surface area (Å²) in [4.78, 5) is 0. The predicted octanol–water partition coefficient (Wildman–Crippen LogP) is 8.54. The Morgan fingerprint density at radius 2 is 0.222 bits per heavy atom. The van der Waals surface area contributed by atoms with Gasteiger partial charge in [0, 0.05) is 0 Å². The Hall–Kier alpha value is -8.07. The van der Waals surface area contributed by atoms with Gasteiger partial charge in [0.2, 0.25) is 0 Å². The van der Waals surface area contributed by atoms with Gasteiger partial charge < -0.3 is 0 Å². The van der Waals surface area contributed by atoms with Crippen LogP contribution in [0.1, 0.15) is 0 Å². The second-order valence-electron chi connectivity index (χ2n) is 19.9. The van der Waals surface area contributed by atoms with E-state index in [0.29, 0.717) is 0 Å². The van der Waals surface area contributed by atoms with Crippen LogP contribution >= 0.6 is 0 Å². The van der Waals surface area contributed by atoms with Crippen molar-refractivity contribution >= 4 is 95.5 Å². The number of rotatable bonds is 20. The molecule has 0 saturated carbocycles. The monoisotopic (exact) mass is 1150 g/mol. The number of hydrogen-bond acceptors (Lipinski definition) is 4. The normalized spacial score (nSPS) is 12.1. The molecule has 0 spiro atoms. The molecule has 0 saturated heterocycles. The molecule has 0 aliphatic rings. The van der Waals surface area contributed by atoms with Crippen molar-refractivity contribution in [2.75, 3.05) is 0 Å². The van der Waals surface area contributed by atoms with Crippen LogP contribution in [-0.4, -0.2) is 33.3 Å². The zero-order chi connectivity index (χ0) is 54.7. The van der Waals surface area contributed by atoms with Gasteiger partial charge in [-0.1, -0.05) is 0 Å². The summed E-state index contributed by atoms with van der Waals surface area (Å²) < 4.78 is 37.2. The Morgan fingerprint density at radius 1 is 0.136 bits per heavy atom. The molecule has 9 heteroatoms. The number of benzene rings is 12. The Labute approximate surface area is 484 Å². The molecule has 81 heavy (non-hydrogen) atoms. The third-order valence-corrected chi connectivity index (χ3v) is 40.2. The summed E-state index contributed by atoms with van der Waals surface area (Å²) in [5, 5.41) is 12.3. The predicted molar refractivity (Wildman–Crippen MR) is 340 cm³/mol. The molecule has 4 nitrogen and oxygen atoms in total. The fourth-order valence-electron chi connectivity index (χ4n) is 11.5. The van der Waals surface area contributed by atoms with Crippen LogP contribution in [0.5, 0.6) is 0 Å². The van der Waals surface area contributed by atoms with E-state index in [0.717, 1.165) is 62.2 Å². The first kappa shape index (κ1) is 53.6. The zero-order valence-electron chi connectivity index (χ0n) is 44.7. The van der Waals surface area contributed by atoms with Crippen molar-refractivity contribution in [1.82, 2.24) is 0 Å². The second-order valence-corrected chi connectivity index (χ2v) is 37.9. The van der Waals surface area contributed by atoms with Crippen LogP contribution in [-0.2, 0) is 28.8 Å². The first-order chi connectivity index (χ1) is 40.1. The van der Waals surface area contributed by atoms with Crippen molar-refractivity contribution in [3.05, 3.63) is 364 Å². The topological polar surface area (TPSA) is 36.9 Å². The molecule has 12 aromatic rings. The van der Waals surface area contributed by atoms with Gasteiger partial charge in [-0.2, -0.15) is 0 Å². The van der Waals surface area contributed by atoms with Crippen molar-refractivity contribution in [3.63, 3.8) is 0 Å². The van der Waals surface area contributed by atoms with E-state index in [9.17, 15) is 13.4 Å². The molecule has 0 fully saturated rings. The minimum absolute atomic E-state index is 1.02. The van der Waals surface area contributed by atoms with Crippen LogP contribution in [0.25, 0.3) is 0 Å². The molecule has 0 aliphatic carbocycles.